The fourth-order valence-corrected chi connectivity index (χ4v) is 6.61. The van der Waals surface area contributed by atoms with Crippen LogP contribution in [-0.2, 0) is 28.6 Å². The van der Waals surface area contributed by atoms with Crippen molar-refractivity contribution < 1.29 is 28.6 Å². The number of allylic oxidation sites excluding steroid dienone is 20. The molecule has 0 radical (unpaired) electrons. The molecule has 0 fully saturated rings. The smallest absolute Gasteiger partial charge is 0.306 e. The Morgan fingerprint density at radius 2 is 0.600 bits per heavy atom. The summed E-state index contributed by atoms with van der Waals surface area (Å²) in [5.74, 6) is -0.963. The molecule has 0 spiro atoms. The molecule has 366 valence electrons. The Hall–Kier alpha value is -4.19. The lowest BCUT2D eigenvalue weighted by atomic mass is 10.1. The molecule has 0 aliphatic carbocycles. The Labute approximate surface area is 399 Å². The summed E-state index contributed by atoms with van der Waals surface area (Å²) in [6.45, 7) is 6.27. The second-order valence-corrected chi connectivity index (χ2v) is 16.7. The van der Waals surface area contributed by atoms with Gasteiger partial charge in [-0.3, -0.25) is 14.4 Å². The number of carbonyl (C=O) groups is 3. The third-order valence-electron chi connectivity index (χ3n) is 10.5. The molecular weight excluding hydrogens is 805 g/mol. The van der Waals surface area contributed by atoms with E-state index >= 15 is 0 Å². The summed E-state index contributed by atoms with van der Waals surface area (Å²) in [5.41, 5.74) is 0. The molecule has 1 atom stereocenters. The lowest BCUT2D eigenvalue weighted by Gasteiger charge is -2.18. The van der Waals surface area contributed by atoms with Crippen LogP contribution in [0.25, 0.3) is 0 Å². The van der Waals surface area contributed by atoms with Gasteiger partial charge in [-0.1, -0.05) is 206 Å². The molecule has 0 rings (SSSR count). The van der Waals surface area contributed by atoms with Gasteiger partial charge in [0.25, 0.3) is 0 Å². The zero-order chi connectivity index (χ0) is 47.2. The summed E-state index contributed by atoms with van der Waals surface area (Å²) in [5, 5.41) is 0. The van der Waals surface area contributed by atoms with E-state index in [0.29, 0.717) is 19.3 Å². The van der Waals surface area contributed by atoms with Crippen molar-refractivity contribution >= 4 is 17.9 Å². The summed E-state index contributed by atoms with van der Waals surface area (Å²) in [4.78, 5) is 37.7. The highest BCUT2D eigenvalue weighted by Crippen LogP contribution is 2.13. The highest BCUT2D eigenvalue weighted by molar-refractivity contribution is 5.71. The lowest BCUT2D eigenvalue weighted by molar-refractivity contribution is -0.167. The highest BCUT2D eigenvalue weighted by atomic mass is 16.6. The first-order valence-corrected chi connectivity index (χ1v) is 26.0. The molecule has 0 aromatic heterocycles. The second-order valence-electron chi connectivity index (χ2n) is 16.7. The monoisotopic (exact) mass is 899 g/mol. The minimum atomic E-state index is -0.796. The van der Waals surface area contributed by atoms with E-state index < -0.39 is 6.10 Å². The molecule has 0 aromatic rings. The van der Waals surface area contributed by atoms with Crippen LogP contribution >= 0.6 is 0 Å². The molecule has 0 N–H and O–H groups in total. The number of unbranched alkanes of at least 4 members (excludes halogenated alkanes) is 14. The minimum absolute atomic E-state index is 0.0970. The number of rotatable bonds is 45. The molecule has 65 heavy (non-hydrogen) atoms. The fraction of sp³-hybridized carbons (Fsp3) is 0.610. The number of hydrogen-bond acceptors (Lipinski definition) is 6. The van der Waals surface area contributed by atoms with Crippen molar-refractivity contribution in [2.24, 2.45) is 0 Å². The van der Waals surface area contributed by atoms with Gasteiger partial charge in [-0.2, -0.15) is 0 Å². The molecule has 0 amide bonds. The fourth-order valence-electron chi connectivity index (χ4n) is 6.61. The molecule has 0 aliphatic heterocycles. The van der Waals surface area contributed by atoms with Gasteiger partial charge in [0, 0.05) is 19.3 Å². The van der Waals surface area contributed by atoms with Crippen LogP contribution < -0.4 is 0 Å². The first-order valence-electron chi connectivity index (χ1n) is 26.0. The van der Waals surface area contributed by atoms with Crippen molar-refractivity contribution in [2.75, 3.05) is 13.2 Å². The predicted octanol–water partition coefficient (Wildman–Crippen LogP) is 17.3. The summed E-state index contributed by atoms with van der Waals surface area (Å²) in [7, 11) is 0. The molecule has 0 aromatic carbocycles. The van der Waals surface area contributed by atoms with Crippen LogP contribution in [0.4, 0.5) is 0 Å². The largest absolute Gasteiger partial charge is 0.462 e. The van der Waals surface area contributed by atoms with Crippen LogP contribution in [0, 0.1) is 0 Å². The zero-order valence-corrected chi connectivity index (χ0v) is 41.7. The number of carbonyl (C=O) groups excluding carboxylic acids is 3. The van der Waals surface area contributed by atoms with Crippen LogP contribution in [0.15, 0.2) is 122 Å². The first kappa shape index (κ1) is 60.8. The standard InChI is InChI=1S/C59H94O6/c1-4-7-10-13-15-17-19-21-23-25-26-27-28-29-30-31-32-34-35-37-39-41-43-46-49-52-58(61)64-55-56(54-63-57(60)51-48-45-12-9-6-3)65-59(62)53-50-47-44-42-40-38-36-33-24-22-20-18-16-14-11-8-5-2/h7-8,10-11,15-18,21-24,26-27,29-30,32,34,37,39,56H,4-6,9,12-14,19-20,25,28,31,33,35-36,38,40-55H2,1-3H3/b10-7-,11-8-,17-15-,18-16-,23-21-,24-22-,27-26-,30-29-,34-32-,39-37-. The quantitative estimate of drug-likeness (QED) is 0.0262. The van der Waals surface area contributed by atoms with Crippen molar-refractivity contribution in [3.63, 3.8) is 0 Å². The van der Waals surface area contributed by atoms with Gasteiger partial charge in [0.1, 0.15) is 13.2 Å². The third-order valence-corrected chi connectivity index (χ3v) is 10.5. The summed E-state index contributed by atoms with van der Waals surface area (Å²) >= 11 is 0. The lowest BCUT2D eigenvalue weighted by Crippen LogP contribution is -2.30. The van der Waals surface area contributed by atoms with Gasteiger partial charge in [-0.15, -0.1) is 0 Å². The van der Waals surface area contributed by atoms with Crippen molar-refractivity contribution in [3.8, 4) is 0 Å². The van der Waals surface area contributed by atoms with Crippen molar-refractivity contribution in [3.05, 3.63) is 122 Å². The van der Waals surface area contributed by atoms with Gasteiger partial charge in [0.05, 0.1) is 0 Å². The summed E-state index contributed by atoms with van der Waals surface area (Å²) < 4.78 is 16.6. The molecule has 0 heterocycles. The first-order chi connectivity index (χ1) is 32.0. The maximum Gasteiger partial charge on any atom is 0.306 e. The molecule has 0 saturated heterocycles. The highest BCUT2D eigenvalue weighted by Gasteiger charge is 2.19. The molecule has 0 bridgehead atoms. The second kappa shape index (κ2) is 52.4. The van der Waals surface area contributed by atoms with Crippen LogP contribution in [0.1, 0.15) is 213 Å². The van der Waals surface area contributed by atoms with Crippen LogP contribution in [-0.4, -0.2) is 37.2 Å². The maximum absolute atomic E-state index is 12.7. The van der Waals surface area contributed by atoms with Gasteiger partial charge in [0.15, 0.2) is 6.10 Å². The zero-order valence-electron chi connectivity index (χ0n) is 41.7. The van der Waals surface area contributed by atoms with E-state index in [0.717, 1.165) is 148 Å². The van der Waals surface area contributed by atoms with E-state index in [-0.39, 0.29) is 31.1 Å². The Kier molecular flexibility index (Phi) is 49.1. The molecule has 6 nitrogen and oxygen atoms in total. The minimum Gasteiger partial charge on any atom is -0.462 e. The van der Waals surface area contributed by atoms with Crippen molar-refractivity contribution in [1.29, 1.82) is 0 Å². The third kappa shape index (κ3) is 50.7. The van der Waals surface area contributed by atoms with Crippen molar-refractivity contribution in [2.45, 2.75) is 219 Å². The topological polar surface area (TPSA) is 78.9 Å². The van der Waals surface area contributed by atoms with Gasteiger partial charge >= 0.3 is 17.9 Å². The van der Waals surface area contributed by atoms with Crippen LogP contribution in [0.5, 0.6) is 0 Å². The van der Waals surface area contributed by atoms with E-state index in [1.54, 1.807) is 0 Å². The Balaban J connectivity index is 4.26. The summed E-state index contributed by atoms with van der Waals surface area (Å²) in [6, 6.07) is 0. The molecule has 6 heteroatoms. The predicted molar refractivity (Wildman–Crippen MR) is 279 cm³/mol. The van der Waals surface area contributed by atoms with Crippen molar-refractivity contribution in [1.82, 2.24) is 0 Å². The van der Waals surface area contributed by atoms with E-state index in [4.69, 9.17) is 14.2 Å². The Morgan fingerprint density at radius 1 is 0.323 bits per heavy atom. The van der Waals surface area contributed by atoms with Crippen LogP contribution in [0.2, 0.25) is 0 Å². The van der Waals surface area contributed by atoms with E-state index in [2.05, 4.69) is 142 Å². The molecule has 1 unspecified atom stereocenters. The normalized spacial score (nSPS) is 13.1. The van der Waals surface area contributed by atoms with Gasteiger partial charge in [0.2, 0.25) is 0 Å². The Bertz CT molecular complexity index is 1400. The number of hydrogen-bond donors (Lipinski definition) is 0. The van der Waals surface area contributed by atoms with Gasteiger partial charge < -0.3 is 14.2 Å². The number of ether oxygens (including phenoxy) is 3. The molecule has 0 aliphatic rings. The molecule has 0 saturated carbocycles. The van der Waals surface area contributed by atoms with E-state index in [1.807, 2.05) is 0 Å². The SMILES string of the molecule is CC/C=C\C/C=C\C/C=C\C/C=C\C/C=C\C/C=C\C/C=C\CCCCCC(=O)OCC(COC(=O)CCCCCCC)OC(=O)CCCCCCCCC/C=C\C/C=C\C/C=C\CC. The average Bonchev–Trinajstić information content (AvgIpc) is 3.30. The van der Waals surface area contributed by atoms with Gasteiger partial charge in [-0.25, -0.2) is 0 Å². The Morgan fingerprint density at radius 3 is 0.954 bits per heavy atom. The maximum atomic E-state index is 12.7. The summed E-state index contributed by atoms with van der Waals surface area (Å²) in [6.07, 6.45) is 72.2. The van der Waals surface area contributed by atoms with E-state index in [1.165, 1.54) is 25.7 Å². The van der Waals surface area contributed by atoms with Crippen LogP contribution in [0.3, 0.4) is 0 Å². The molecular formula is C59H94O6. The van der Waals surface area contributed by atoms with E-state index in [9.17, 15) is 14.4 Å². The van der Waals surface area contributed by atoms with Gasteiger partial charge in [-0.05, 0) is 109 Å². The number of esters is 3. The average molecular weight is 899 g/mol.